The van der Waals surface area contributed by atoms with Gasteiger partial charge in [-0.15, -0.1) is 0 Å². The van der Waals surface area contributed by atoms with Crippen LogP contribution in [0.15, 0.2) is 47.5 Å². The fourth-order valence-electron chi connectivity index (χ4n) is 3.74. The van der Waals surface area contributed by atoms with Crippen molar-refractivity contribution >= 4 is 38.4 Å². The molecule has 2 aromatic carbocycles. The van der Waals surface area contributed by atoms with Gasteiger partial charge in [-0.25, -0.2) is 8.42 Å². The SMILES string of the molecule is COc1ccc(CCNC(=O)c2cccc(NC3=N[C@@H]4CS(=O)(=O)C[C@H]4S3)c2)cc1OC. The number of hydrogen-bond donors (Lipinski definition) is 2. The second-order valence-electron chi connectivity index (χ2n) is 7.64. The smallest absolute Gasteiger partial charge is 0.251 e. The Morgan fingerprint density at radius 2 is 1.94 bits per heavy atom. The third-order valence-corrected chi connectivity index (χ3v) is 8.48. The van der Waals surface area contributed by atoms with Gasteiger partial charge in [-0.3, -0.25) is 9.79 Å². The summed E-state index contributed by atoms with van der Waals surface area (Å²) in [5.74, 6) is 1.43. The quantitative estimate of drug-likeness (QED) is 0.633. The Morgan fingerprint density at radius 1 is 1.12 bits per heavy atom. The van der Waals surface area contributed by atoms with Crippen molar-refractivity contribution < 1.29 is 22.7 Å². The van der Waals surface area contributed by atoms with E-state index in [2.05, 4.69) is 15.6 Å². The zero-order valence-electron chi connectivity index (χ0n) is 17.8. The summed E-state index contributed by atoms with van der Waals surface area (Å²) in [6.07, 6.45) is 0.656. The van der Waals surface area contributed by atoms with Crippen LogP contribution in [0.2, 0.25) is 0 Å². The molecule has 0 aliphatic carbocycles. The molecule has 32 heavy (non-hydrogen) atoms. The van der Waals surface area contributed by atoms with Crippen LogP contribution in [-0.4, -0.2) is 63.1 Å². The fraction of sp³-hybridized carbons (Fsp3) is 0.364. The van der Waals surface area contributed by atoms with E-state index in [4.69, 9.17) is 9.47 Å². The number of anilines is 1. The lowest BCUT2D eigenvalue weighted by Gasteiger charge is -2.11. The van der Waals surface area contributed by atoms with E-state index in [9.17, 15) is 13.2 Å². The Hall–Kier alpha value is -2.72. The maximum Gasteiger partial charge on any atom is 0.251 e. The Morgan fingerprint density at radius 3 is 2.69 bits per heavy atom. The molecule has 2 aliphatic rings. The van der Waals surface area contributed by atoms with E-state index >= 15 is 0 Å². The molecule has 2 aliphatic heterocycles. The molecule has 0 spiro atoms. The number of amides is 1. The first-order chi connectivity index (χ1) is 15.4. The molecule has 1 fully saturated rings. The predicted octanol–water partition coefficient (Wildman–Crippen LogP) is 2.36. The Bertz CT molecular complexity index is 1150. The maximum absolute atomic E-state index is 12.6. The summed E-state index contributed by atoms with van der Waals surface area (Å²) < 4.78 is 34.0. The molecule has 10 heteroatoms. The number of fused-ring (bicyclic) bond motifs is 1. The summed E-state index contributed by atoms with van der Waals surface area (Å²) in [4.78, 5) is 17.1. The molecule has 1 saturated heterocycles. The van der Waals surface area contributed by atoms with Gasteiger partial charge in [-0.2, -0.15) is 0 Å². The van der Waals surface area contributed by atoms with Crippen molar-refractivity contribution in [3.63, 3.8) is 0 Å². The number of nitrogens with one attached hydrogen (secondary N) is 2. The summed E-state index contributed by atoms with van der Waals surface area (Å²) >= 11 is 1.45. The number of ether oxygens (including phenoxy) is 2. The first-order valence-corrected chi connectivity index (χ1v) is 12.9. The first kappa shape index (κ1) is 22.5. The predicted molar refractivity (Wildman–Crippen MR) is 127 cm³/mol. The van der Waals surface area contributed by atoms with Gasteiger partial charge in [-0.1, -0.05) is 23.9 Å². The lowest BCUT2D eigenvalue weighted by molar-refractivity contribution is 0.0954. The minimum atomic E-state index is -2.98. The Labute approximate surface area is 191 Å². The third-order valence-electron chi connectivity index (χ3n) is 5.34. The van der Waals surface area contributed by atoms with Gasteiger partial charge in [0.15, 0.2) is 26.5 Å². The highest BCUT2D eigenvalue weighted by Crippen LogP contribution is 2.34. The molecule has 2 heterocycles. The monoisotopic (exact) mass is 475 g/mol. The maximum atomic E-state index is 12.6. The van der Waals surface area contributed by atoms with Gasteiger partial charge in [-0.05, 0) is 42.3 Å². The van der Waals surface area contributed by atoms with E-state index in [1.165, 1.54) is 11.8 Å². The van der Waals surface area contributed by atoms with Crippen LogP contribution in [0.5, 0.6) is 11.5 Å². The normalized spacial score (nSPS) is 20.9. The number of thioether (sulfide) groups is 1. The number of benzene rings is 2. The van der Waals surface area contributed by atoms with Gasteiger partial charge >= 0.3 is 0 Å². The second-order valence-corrected chi connectivity index (χ2v) is 11.0. The lowest BCUT2D eigenvalue weighted by Crippen LogP contribution is -2.25. The van der Waals surface area contributed by atoms with E-state index in [1.807, 2.05) is 24.3 Å². The van der Waals surface area contributed by atoms with Crippen LogP contribution in [0.4, 0.5) is 5.69 Å². The number of carbonyl (C=O) groups is 1. The molecule has 0 aromatic heterocycles. The van der Waals surface area contributed by atoms with Crippen LogP contribution in [0, 0.1) is 0 Å². The van der Waals surface area contributed by atoms with Crippen molar-refractivity contribution in [2.24, 2.45) is 4.99 Å². The molecular weight excluding hydrogens is 450 g/mol. The summed E-state index contributed by atoms with van der Waals surface area (Å²) in [5.41, 5.74) is 2.31. The Balaban J connectivity index is 1.32. The topological polar surface area (TPSA) is 106 Å². The van der Waals surface area contributed by atoms with Crippen molar-refractivity contribution in [1.29, 1.82) is 0 Å². The Kier molecular flexibility index (Phi) is 6.61. The zero-order valence-corrected chi connectivity index (χ0v) is 19.5. The van der Waals surface area contributed by atoms with E-state index in [0.717, 1.165) is 11.3 Å². The summed E-state index contributed by atoms with van der Waals surface area (Å²) in [6, 6.07) is 12.7. The van der Waals surface area contributed by atoms with Crippen molar-refractivity contribution in [2.75, 3.05) is 37.6 Å². The molecule has 0 unspecified atom stereocenters. The van der Waals surface area contributed by atoms with Crippen LogP contribution < -0.4 is 20.1 Å². The van der Waals surface area contributed by atoms with Crippen LogP contribution in [0.25, 0.3) is 0 Å². The van der Waals surface area contributed by atoms with Gasteiger partial charge in [0.1, 0.15) is 0 Å². The minimum Gasteiger partial charge on any atom is -0.493 e. The fourth-order valence-corrected chi connectivity index (χ4v) is 7.41. The standard InChI is InChI=1S/C22H25N3O5S2/c1-29-18-7-6-14(10-19(18)30-2)8-9-23-21(26)15-4-3-5-16(11-15)24-22-25-17-12-32(27,28)13-20(17)31-22/h3-7,10-11,17,20H,8-9,12-13H2,1-2H3,(H,23,26)(H,24,25)/t17-,20-/m1/s1. The number of methoxy groups -OCH3 is 2. The highest BCUT2D eigenvalue weighted by Gasteiger charge is 2.42. The van der Waals surface area contributed by atoms with E-state index in [0.29, 0.717) is 35.2 Å². The summed E-state index contributed by atoms with van der Waals surface area (Å²) in [5, 5.41) is 6.82. The lowest BCUT2D eigenvalue weighted by atomic mass is 10.1. The number of hydrogen-bond acceptors (Lipinski definition) is 8. The van der Waals surface area contributed by atoms with Gasteiger partial charge in [0.25, 0.3) is 5.91 Å². The van der Waals surface area contributed by atoms with Crippen molar-refractivity contribution in [3.05, 3.63) is 53.6 Å². The van der Waals surface area contributed by atoms with Crippen molar-refractivity contribution in [1.82, 2.24) is 5.32 Å². The molecule has 0 bridgehead atoms. The largest absolute Gasteiger partial charge is 0.493 e. The van der Waals surface area contributed by atoms with Crippen LogP contribution >= 0.6 is 11.8 Å². The van der Waals surface area contributed by atoms with E-state index < -0.39 is 9.84 Å². The number of rotatable bonds is 7. The molecule has 170 valence electrons. The van der Waals surface area contributed by atoms with Crippen molar-refractivity contribution in [3.8, 4) is 11.5 Å². The highest BCUT2D eigenvalue weighted by molar-refractivity contribution is 8.15. The van der Waals surface area contributed by atoms with Gasteiger partial charge < -0.3 is 20.1 Å². The molecule has 0 saturated carbocycles. The third kappa shape index (κ3) is 5.18. The van der Waals surface area contributed by atoms with E-state index in [-0.39, 0.29) is 28.7 Å². The minimum absolute atomic E-state index is 0.0226. The number of carbonyl (C=O) groups excluding carboxylic acids is 1. The van der Waals surface area contributed by atoms with Crippen LogP contribution in [-0.2, 0) is 16.3 Å². The number of aliphatic imine (C=N–C) groups is 1. The molecular formula is C22H25N3O5S2. The summed E-state index contributed by atoms with van der Waals surface area (Å²) in [7, 11) is 0.205. The first-order valence-electron chi connectivity index (χ1n) is 10.2. The number of amidine groups is 1. The molecule has 2 atom stereocenters. The highest BCUT2D eigenvalue weighted by atomic mass is 32.2. The number of sulfone groups is 1. The van der Waals surface area contributed by atoms with Gasteiger partial charge in [0.2, 0.25) is 0 Å². The molecule has 2 aromatic rings. The average molecular weight is 476 g/mol. The molecule has 1 amide bonds. The van der Waals surface area contributed by atoms with Crippen LogP contribution in [0.3, 0.4) is 0 Å². The zero-order chi connectivity index (χ0) is 22.7. The molecule has 4 rings (SSSR count). The molecule has 8 nitrogen and oxygen atoms in total. The van der Waals surface area contributed by atoms with E-state index in [1.54, 1.807) is 32.4 Å². The number of nitrogens with zero attached hydrogens (tertiary/aromatic N) is 1. The van der Waals surface area contributed by atoms with Crippen LogP contribution in [0.1, 0.15) is 15.9 Å². The van der Waals surface area contributed by atoms with Gasteiger partial charge in [0.05, 0.1) is 31.8 Å². The summed E-state index contributed by atoms with van der Waals surface area (Å²) in [6.45, 7) is 0.479. The average Bonchev–Trinajstić information content (AvgIpc) is 3.26. The van der Waals surface area contributed by atoms with Gasteiger partial charge in [0, 0.05) is 23.0 Å². The molecule has 2 N–H and O–H groups in total. The second kappa shape index (κ2) is 9.41. The van der Waals surface area contributed by atoms with Crippen molar-refractivity contribution in [2.45, 2.75) is 17.7 Å². The molecule has 0 radical (unpaired) electrons.